The first-order chi connectivity index (χ1) is 9.99. The highest BCUT2D eigenvalue weighted by Gasteiger charge is 2.33. The van der Waals surface area contributed by atoms with Gasteiger partial charge in [0, 0.05) is 20.0 Å². The minimum absolute atomic E-state index is 0.0182. The van der Waals surface area contributed by atoms with Crippen molar-refractivity contribution in [1.82, 2.24) is 4.90 Å². The highest BCUT2D eigenvalue weighted by atomic mass is 16.5. The van der Waals surface area contributed by atoms with Gasteiger partial charge in [-0.3, -0.25) is 9.59 Å². The Morgan fingerprint density at radius 3 is 2.24 bits per heavy atom. The summed E-state index contributed by atoms with van der Waals surface area (Å²) in [5.41, 5.74) is 0. The largest absolute Gasteiger partial charge is 0.462 e. The van der Waals surface area contributed by atoms with Crippen molar-refractivity contribution in [2.24, 2.45) is 17.8 Å². The maximum Gasteiger partial charge on any atom is 0.309 e. The number of ether oxygens (including phenoxy) is 1. The van der Waals surface area contributed by atoms with Crippen LogP contribution in [0.15, 0.2) is 0 Å². The van der Waals surface area contributed by atoms with E-state index in [0.29, 0.717) is 24.9 Å². The molecule has 2 aliphatic rings. The third-order valence-corrected chi connectivity index (χ3v) is 5.15. The lowest BCUT2D eigenvalue weighted by atomic mass is 9.79. The summed E-state index contributed by atoms with van der Waals surface area (Å²) in [6.45, 7) is 7.42. The molecule has 21 heavy (non-hydrogen) atoms. The fraction of sp³-hybridized carbons (Fsp3) is 0.882. The summed E-state index contributed by atoms with van der Waals surface area (Å²) >= 11 is 0. The predicted molar refractivity (Wildman–Crippen MR) is 81.7 cm³/mol. The van der Waals surface area contributed by atoms with Crippen LogP contribution >= 0.6 is 0 Å². The number of piperidine rings is 1. The van der Waals surface area contributed by atoms with E-state index in [1.54, 1.807) is 6.92 Å². The Hall–Kier alpha value is -1.06. The molecule has 0 N–H and O–H groups in total. The Kier molecular flexibility index (Phi) is 5.65. The first-order valence-electron chi connectivity index (χ1n) is 8.45. The van der Waals surface area contributed by atoms with Gasteiger partial charge in [0.1, 0.15) is 6.10 Å². The van der Waals surface area contributed by atoms with Crippen molar-refractivity contribution in [2.45, 2.75) is 65.4 Å². The maximum atomic E-state index is 12.4. The monoisotopic (exact) mass is 295 g/mol. The molecule has 1 aliphatic carbocycles. The van der Waals surface area contributed by atoms with Gasteiger partial charge in [-0.25, -0.2) is 0 Å². The van der Waals surface area contributed by atoms with Gasteiger partial charge in [0.25, 0.3) is 0 Å². The third-order valence-electron chi connectivity index (χ3n) is 5.15. The number of carbonyl (C=O) groups is 2. The molecule has 1 saturated carbocycles. The lowest BCUT2D eigenvalue weighted by molar-refractivity contribution is -0.162. The van der Waals surface area contributed by atoms with Crippen LogP contribution in [0.4, 0.5) is 0 Å². The van der Waals surface area contributed by atoms with E-state index in [-0.39, 0.29) is 23.9 Å². The molecule has 1 amide bonds. The number of rotatable bonds is 3. The van der Waals surface area contributed by atoms with Crippen LogP contribution in [0, 0.1) is 17.8 Å². The average Bonchev–Trinajstić information content (AvgIpc) is 2.47. The van der Waals surface area contributed by atoms with Crippen LogP contribution in [-0.4, -0.2) is 36.0 Å². The van der Waals surface area contributed by atoms with Gasteiger partial charge < -0.3 is 9.64 Å². The summed E-state index contributed by atoms with van der Waals surface area (Å²) in [5.74, 6) is 1.14. The van der Waals surface area contributed by atoms with Crippen LogP contribution in [0.2, 0.25) is 0 Å². The molecule has 4 heteroatoms. The summed E-state index contributed by atoms with van der Waals surface area (Å²) in [4.78, 5) is 25.5. The molecule has 120 valence electrons. The standard InChI is InChI=1S/C17H29NO3/c1-12(2)15-6-4-5-7-16(15)21-17(20)14-8-10-18(11-9-14)13(3)19/h12,14-16H,4-11H2,1-3H3/t15-,16+/m0/s1. The SMILES string of the molecule is CC(=O)N1CCC(C(=O)O[C@@H]2CCCC[C@H]2C(C)C)CC1. The molecule has 0 unspecified atom stereocenters. The Labute approximate surface area is 128 Å². The van der Waals surface area contributed by atoms with Crippen LogP contribution in [0.25, 0.3) is 0 Å². The topological polar surface area (TPSA) is 46.6 Å². The quantitative estimate of drug-likeness (QED) is 0.752. The molecule has 2 rings (SSSR count). The number of nitrogens with zero attached hydrogens (tertiary/aromatic N) is 1. The van der Waals surface area contributed by atoms with Crippen molar-refractivity contribution in [1.29, 1.82) is 0 Å². The zero-order valence-electron chi connectivity index (χ0n) is 13.6. The predicted octanol–water partition coefficient (Wildman–Crippen LogP) is 3.00. The highest BCUT2D eigenvalue weighted by Crippen LogP contribution is 2.33. The summed E-state index contributed by atoms with van der Waals surface area (Å²) in [6.07, 6.45) is 6.23. The molecule has 0 radical (unpaired) electrons. The number of carbonyl (C=O) groups excluding carboxylic acids is 2. The molecule has 0 aromatic heterocycles. The van der Waals surface area contributed by atoms with Gasteiger partial charge in [-0.2, -0.15) is 0 Å². The first-order valence-corrected chi connectivity index (χ1v) is 8.45. The molecule has 2 fully saturated rings. The van der Waals surface area contributed by atoms with Crippen LogP contribution in [-0.2, 0) is 14.3 Å². The Balaban J connectivity index is 1.85. The summed E-state index contributed by atoms with van der Waals surface area (Å²) in [7, 11) is 0. The van der Waals surface area contributed by atoms with Crippen molar-refractivity contribution in [2.75, 3.05) is 13.1 Å². The van der Waals surface area contributed by atoms with Gasteiger partial charge in [-0.1, -0.05) is 20.3 Å². The normalized spacial score (nSPS) is 27.7. The zero-order valence-corrected chi connectivity index (χ0v) is 13.6. The van der Waals surface area contributed by atoms with Gasteiger partial charge in [0.15, 0.2) is 0 Å². The second-order valence-corrected chi connectivity index (χ2v) is 6.95. The van der Waals surface area contributed by atoms with E-state index in [0.717, 1.165) is 19.3 Å². The molecular formula is C17H29NO3. The van der Waals surface area contributed by atoms with E-state index < -0.39 is 0 Å². The molecule has 2 atom stereocenters. The van der Waals surface area contributed by atoms with E-state index >= 15 is 0 Å². The lowest BCUT2D eigenvalue weighted by Crippen LogP contribution is -2.41. The molecule has 0 aromatic carbocycles. The van der Waals surface area contributed by atoms with Crippen molar-refractivity contribution < 1.29 is 14.3 Å². The zero-order chi connectivity index (χ0) is 15.4. The Morgan fingerprint density at radius 2 is 1.67 bits per heavy atom. The smallest absolute Gasteiger partial charge is 0.309 e. The van der Waals surface area contributed by atoms with Crippen LogP contribution in [0.3, 0.4) is 0 Å². The summed E-state index contributed by atoms with van der Waals surface area (Å²) < 4.78 is 5.86. The van der Waals surface area contributed by atoms with E-state index in [2.05, 4.69) is 13.8 Å². The molecule has 4 nitrogen and oxygen atoms in total. The number of likely N-dealkylation sites (tertiary alicyclic amines) is 1. The van der Waals surface area contributed by atoms with Crippen LogP contribution in [0.1, 0.15) is 59.3 Å². The average molecular weight is 295 g/mol. The van der Waals surface area contributed by atoms with E-state index in [1.807, 2.05) is 4.90 Å². The summed E-state index contributed by atoms with van der Waals surface area (Å²) in [6, 6.07) is 0. The highest BCUT2D eigenvalue weighted by molar-refractivity contribution is 5.75. The van der Waals surface area contributed by atoms with Gasteiger partial charge in [0.05, 0.1) is 5.92 Å². The molecule has 1 aliphatic heterocycles. The van der Waals surface area contributed by atoms with Gasteiger partial charge in [-0.15, -0.1) is 0 Å². The number of hydrogen-bond acceptors (Lipinski definition) is 3. The second-order valence-electron chi connectivity index (χ2n) is 6.95. The van der Waals surface area contributed by atoms with Gasteiger partial charge in [-0.05, 0) is 43.9 Å². The number of hydrogen-bond donors (Lipinski definition) is 0. The first kappa shape index (κ1) is 16.3. The van der Waals surface area contributed by atoms with Crippen molar-refractivity contribution >= 4 is 11.9 Å². The molecule has 1 saturated heterocycles. The Bertz CT molecular complexity index is 372. The van der Waals surface area contributed by atoms with Gasteiger partial charge >= 0.3 is 5.97 Å². The summed E-state index contributed by atoms with van der Waals surface area (Å²) in [5, 5.41) is 0. The number of amides is 1. The Morgan fingerprint density at radius 1 is 1.05 bits per heavy atom. The molecule has 0 aromatic rings. The van der Waals surface area contributed by atoms with E-state index in [9.17, 15) is 9.59 Å². The fourth-order valence-corrected chi connectivity index (χ4v) is 3.71. The minimum Gasteiger partial charge on any atom is -0.462 e. The van der Waals surface area contributed by atoms with Gasteiger partial charge in [0.2, 0.25) is 5.91 Å². The van der Waals surface area contributed by atoms with Crippen LogP contribution in [0.5, 0.6) is 0 Å². The molecule has 1 heterocycles. The van der Waals surface area contributed by atoms with E-state index in [1.165, 1.54) is 19.3 Å². The fourth-order valence-electron chi connectivity index (χ4n) is 3.71. The van der Waals surface area contributed by atoms with Crippen molar-refractivity contribution in [3.8, 4) is 0 Å². The lowest BCUT2D eigenvalue weighted by Gasteiger charge is -2.36. The third kappa shape index (κ3) is 4.21. The van der Waals surface area contributed by atoms with Crippen molar-refractivity contribution in [3.63, 3.8) is 0 Å². The maximum absolute atomic E-state index is 12.4. The molecule has 0 spiro atoms. The van der Waals surface area contributed by atoms with Crippen LogP contribution < -0.4 is 0 Å². The minimum atomic E-state index is -0.0317. The van der Waals surface area contributed by atoms with Crippen molar-refractivity contribution in [3.05, 3.63) is 0 Å². The molecule has 0 bridgehead atoms. The number of esters is 1. The second kappa shape index (κ2) is 7.28. The molecular weight excluding hydrogens is 266 g/mol. The van der Waals surface area contributed by atoms with E-state index in [4.69, 9.17) is 4.74 Å².